The molecule has 2 amide bonds. The molecule has 11 heteroatoms. The lowest BCUT2D eigenvalue weighted by molar-refractivity contribution is -0.132. The van der Waals surface area contributed by atoms with Crippen LogP contribution in [-0.2, 0) is 29.8 Å². The SMILES string of the molecule is CCC[C@@H]1N(C(=O)CNS(=O)(=O)c2cccs2)CC[C@]12C(=O)Nc1ccccc12.O=CO. The van der Waals surface area contributed by atoms with E-state index in [0.29, 0.717) is 19.4 Å². The van der Waals surface area contributed by atoms with Crippen LogP contribution in [0.3, 0.4) is 0 Å². The zero-order valence-corrected chi connectivity index (χ0v) is 19.1. The zero-order valence-electron chi connectivity index (χ0n) is 17.5. The molecular formula is C21H25N3O6S2. The fraction of sp³-hybridized carbons (Fsp3) is 0.381. The van der Waals surface area contributed by atoms with Crippen molar-refractivity contribution >= 4 is 45.3 Å². The van der Waals surface area contributed by atoms with E-state index in [-0.39, 0.29) is 35.1 Å². The number of likely N-dealkylation sites (tertiary alicyclic amines) is 1. The Morgan fingerprint density at radius 1 is 1.34 bits per heavy atom. The van der Waals surface area contributed by atoms with E-state index in [9.17, 15) is 18.0 Å². The largest absolute Gasteiger partial charge is 0.483 e. The predicted octanol–water partition coefficient (Wildman–Crippen LogP) is 2.02. The molecular weight excluding hydrogens is 454 g/mol. The average molecular weight is 480 g/mol. The molecule has 0 radical (unpaired) electrons. The number of anilines is 1. The minimum absolute atomic E-state index is 0.0772. The monoisotopic (exact) mass is 479 g/mol. The Balaban J connectivity index is 0.000000913. The van der Waals surface area contributed by atoms with Gasteiger partial charge >= 0.3 is 0 Å². The van der Waals surface area contributed by atoms with Gasteiger partial charge < -0.3 is 15.3 Å². The van der Waals surface area contributed by atoms with E-state index in [2.05, 4.69) is 10.0 Å². The summed E-state index contributed by atoms with van der Waals surface area (Å²) in [5, 5.41) is 11.5. The fourth-order valence-electron chi connectivity index (χ4n) is 4.52. The highest BCUT2D eigenvalue weighted by Crippen LogP contribution is 2.49. The van der Waals surface area contributed by atoms with Crippen molar-refractivity contribution in [2.45, 2.75) is 41.9 Å². The van der Waals surface area contributed by atoms with Crippen LogP contribution >= 0.6 is 11.3 Å². The van der Waals surface area contributed by atoms with Crippen LogP contribution in [0, 0.1) is 0 Å². The first-order valence-electron chi connectivity index (χ1n) is 10.1. The highest BCUT2D eigenvalue weighted by Gasteiger charge is 2.58. The lowest BCUT2D eigenvalue weighted by atomic mass is 9.73. The summed E-state index contributed by atoms with van der Waals surface area (Å²) in [6.07, 6.45) is 2.02. The quantitative estimate of drug-likeness (QED) is 0.543. The minimum Gasteiger partial charge on any atom is -0.483 e. The van der Waals surface area contributed by atoms with Crippen molar-refractivity contribution in [3.63, 3.8) is 0 Å². The van der Waals surface area contributed by atoms with Crippen LogP contribution in [0.4, 0.5) is 5.69 Å². The molecule has 0 bridgehead atoms. The summed E-state index contributed by atoms with van der Waals surface area (Å²) in [5.41, 5.74) is 0.957. The van der Waals surface area contributed by atoms with Crippen molar-refractivity contribution in [2.75, 3.05) is 18.4 Å². The summed E-state index contributed by atoms with van der Waals surface area (Å²) >= 11 is 1.10. The van der Waals surface area contributed by atoms with Crippen LogP contribution in [0.1, 0.15) is 31.7 Å². The Labute approximate surface area is 190 Å². The number of fused-ring (bicyclic) bond motifs is 2. The van der Waals surface area contributed by atoms with Gasteiger partial charge in [0, 0.05) is 12.2 Å². The smallest absolute Gasteiger partial charge is 0.290 e. The number of sulfonamides is 1. The van der Waals surface area contributed by atoms with Gasteiger partial charge in [0.05, 0.1) is 18.0 Å². The molecule has 2 aromatic rings. The van der Waals surface area contributed by atoms with Gasteiger partial charge in [-0.25, -0.2) is 13.1 Å². The molecule has 0 aliphatic carbocycles. The molecule has 172 valence electrons. The van der Waals surface area contributed by atoms with Crippen LogP contribution in [0.5, 0.6) is 0 Å². The summed E-state index contributed by atoms with van der Waals surface area (Å²) in [6, 6.07) is 10.5. The third-order valence-electron chi connectivity index (χ3n) is 5.81. The number of amides is 2. The lowest BCUT2D eigenvalue weighted by Gasteiger charge is -2.34. The molecule has 32 heavy (non-hydrogen) atoms. The molecule has 3 N–H and O–H groups in total. The van der Waals surface area contributed by atoms with E-state index in [0.717, 1.165) is 29.0 Å². The maximum absolute atomic E-state index is 13.0. The third kappa shape index (κ3) is 4.27. The molecule has 1 fully saturated rings. The molecule has 3 heterocycles. The number of carbonyl (C=O) groups excluding carboxylic acids is 2. The summed E-state index contributed by atoms with van der Waals surface area (Å²) in [4.78, 5) is 36.0. The van der Waals surface area contributed by atoms with Crippen LogP contribution in [-0.4, -0.2) is 55.8 Å². The van der Waals surface area contributed by atoms with E-state index in [1.165, 1.54) is 6.07 Å². The van der Waals surface area contributed by atoms with Gasteiger partial charge in [-0.05, 0) is 35.9 Å². The van der Waals surface area contributed by atoms with E-state index in [1.807, 2.05) is 31.2 Å². The third-order valence-corrected chi connectivity index (χ3v) is 8.61. The number of para-hydroxylation sites is 1. The van der Waals surface area contributed by atoms with Gasteiger partial charge in [0.1, 0.15) is 4.21 Å². The number of carbonyl (C=O) groups is 3. The molecule has 1 spiro atoms. The second kappa shape index (κ2) is 9.80. The van der Waals surface area contributed by atoms with Gasteiger partial charge in [-0.1, -0.05) is 37.6 Å². The second-order valence-corrected chi connectivity index (χ2v) is 10.4. The van der Waals surface area contributed by atoms with E-state index >= 15 is 0 Å². The number of benzene rings is 1. The predicted molar refractivity (Wildman–Crippen MR) is 120 cm³/mol. The standard InChI is InChI=1S/C20H23N3O4S2.CH2O2/c1-2-6-16-20(14-7-3-4-8-15(14)22-19(20)25)10-11-23(16)17(24)13-21-29(26,27)18-9-5-12-28-18;2-1-3/h3-5,7-9,12,16,21H,2,6,10-11,13H2,1H3,(H,22,25);1H,(H,2,3)/t16-,20+;/m0./s1. The van der Waals surface area contributed by atoms with Crippen LogP contribution < -0.4 is 10.0 Å². The Hall–Kier alpha value is -2.76. The van der Waals surface area contributed by atoms with Crippen LogP contribution in [0.2, 0.25) is 0 Å². The first-order valence-corrected chi connectivity index (χ1v) is 12.5. The maximum Gasteiger partial charge on any atom is 0.290 e. The van der Waals surface area contributed by atoms with Gasteiger partial charge in [-0.3, -0.25) is 14.4 Å². The van der Waals surface area contributed by atoms with Gasteiger partial charge in [-0.2, -0.15) is 0 Å². The Morgan fingerprint density at radius 3 is 2.72 bits per heavy atom. The van der Waals surface area contributed by atoms with Crippen molar-refractivity contribution in [2.24, 2.45) is 0 Å². The van der Waals surface area contributed by atoms with Crippen molar-refractivity contribution in [3.05, 3.63) is 47.3 Å². The molecule has 2 aliphatic rings. The Bertz CT molecular complexity index is 1090. The highest BCUT2D eigenvalue weighted by atomic mass is 32.2. The molecule has 0 saturated carbocycles. The molecule has 9 nitrogen and oxygen atoms in total. The zero-order chi connectivity index (χ0) is 23.4. The van der Waals surface area contributed by atoms with E-state index < -0.39 is 15.4 Å². The summed E-state index contributed by atoms with van der Waals surface area (Å²) < 4.78 is 27.3. The number of rotatable bonds is 6. The van der Waals surface area contributed by atoms with Crippen molar-refractivity contribution in [3.8, 4) is 0 Å². The average Bonchev–Trinajstić information content (AvgIpc) is 3.48. The Kier molecular flexibility index (Phi) is 7.32. The van der Waals surface area contributed by atoms with Gasteiger partial charge in [0.25, 0.3) is 16.5 Å². The second-order valence-electron chi connectivity index (χ2n) is 7.47. The number of nitrogens with one attached hydrogen (secondary N) is 2. The molecule has 2 aliphatic heterocycles. The lowest BCUT2D eigenvalue weighted by Crippen LogP contribution is -2.50. The normalized spacial score (nSPS) is 21.6. The molecule has 1 saturated heterocycles. The van der Waals surface area contributed by atoms with Crippen molar-refractivity contribution < 1.29 is 27.9 Å². The van der Waals surface area contributed by atoms with Gasteiger partial charge in [-0.15, -0.1) is 11.3 Å². The molecule has 0 unspecified atom stereocenters. The molecule has 4 rings (SSSR count). The van der Waals surface area contributed by atoms with Crippen molar-refractivity contribution in [1.29, 1.82) is 0 Å². The first kappa shape index (κ1) is 23.9. The highest BCUT2D eigenvalue weighted by molar-refractivity contribution is 7.91. The topological polar surface area (TPSA) is 133 Å². The van der Waals surface area contributed by atoms with E-state index in [1.54, 1.807) is 16.3 Å². The van der Waals surface area contributed by atoms with Crippen molar-refractivity contribution in [1.82, 2.24) is 9.62 Å². The van der Waals surface area contributed by atoms with E-state index in [4.69, 9.17) is 9.90 Å². The van der Waals surface area contributed by atoms with Gasteiger partial charge in [0.2, 0.25) is 11.8 Å². The van der Waals surface area contributed by atoms with Gasteiger partial charge in [0.15, 0.2) is 0 Å². The first-order chi connectivity index (χ1) is 15.3. The number of hydrogen-bond acceptors (Lipinski definition) is 6. The summed E-state index contributed by atoms with van der Waals surface area (Å²) in [7, 11) is -3.72. The maximum atomic E-state index is 13.0. The summed E-state index contributed by atoms with van der Waals surface area (Å²) in [5.74, 6) is -0.385. The number of thiophene rings is 1. The number of carboxylic acid groups (broad SMARTS) is 1. The molecule has 1 aromatic heterocycles. The Morgan fingerprint density at radius 2 is 2.06 bits per heavy atom. The molecule has 2 atom stereocenters. The number of nitrogens with zero attached hydrogens (tertiary/aromatic N) is 1. The molecule has 1 aromatic carbocycles. The fourth-order valence-corrected chi connectivity index (χ4v) is 6.53. The summed E-state index contributed by atoms with van der Waals surface area (Å²) in [6.45, 7) is 1.87. The van der Waals surface area contributed by atoms with Crippen LogP contribution in [0.15, 0.2) is 46.0 Å². The minimum atomic E-state index is -3.72. The number of hydrogen-bond donors (Lipinski definition) is 3. The van der Waals surface area contributed by atoms with Crippen LogP contribution in [0.25, 0.3) is 0 Å².